The number of anilines is 1. The molecule has 0 fully saturated rings. The zero-order chi connectivity index (χ0) is 25.2. The number of sulfonamides is 1. The monoisotopic (exact) mass is 518 g/mol. The van der Waals surface area contributed by atoms with Crippen molar-refractivity contribution >= 4 is 44.8 Å². The number of hydrogen-bond donors (Lipinski definition) is 1. The van der Waals surface area contributed by atoms with Gasteiger partial charge in [-0.3, -0.25) is 4.79 Å². The van der Waals surface area contributed by atoms with Crippen molar-refractivity contribution in [2.24, 2.45) is 0 Å². The summed E-state index contributed by atoms with van der Waals surface area (Å²) in [5, 5.41) is 3.55. The molecule has 3 aromatic carbocycles. The standard InChI is InChI=1S/C26H28Cl2N2O3S/c1-16-11-18(3)26(19(4)12-16)34(32,33)30(14-21-9-10-22(27)23(28)13-21)15-25(31)29-24-8-6-7-17(2)20(24)5/h6-13H,14-15H2,1-5H3,(H,29,31). The van der Waals surface area contributed by atoms with Crippen molar-refractivity contribution in [2.75, 3.05) is 11.9 Å². The predicted molar refractivity (Wildman–Crippen MR) is 139 cm³/mol. The molecule has 0 bridgehead atoms. The van der Waals surface area contributed by atoms with Crippen LogP contribution in [0.3, 0.4) is 0 Å². The number of aryl methyl sites for hydroxylation is 4. The van der Waals surface area contributed by atoms with Crippen molar-refractivity contribution in [2.45, 2.75) is 46.1 Å². The molecule has 0 aliphatic heterocycles. The summed E-state index contributed by atoms with van der Waals surface area (Å²) in [5.74, 6) is -0.431. The molecule has 0 saturated carbocycles. The fourth-order valence-corrected chi connectivity index (χ4v) is 6.12. The lowest BCUT2D eigenvalue weighted by atomic mass is 10.1. The van der Waals surface area contributed by atoms with Crippen LogP contribution in [0.15, 0.2) is 53.4 Å². The van der Waals surface area contributed by atoms with Crippen molar-refractivity contribution in [1.29, 1.82) is 0 Å². The van der Waals surface area contributed by atoms with Gasteiger partial charge in [0.2, 0.25) is 15.9 Å². The molecule has 0 heterocycles. The molecule has 0 spiro atoms. The Balaban J connectivity index is 2.00. The lowest BCUT2D eigenvalue weighted by Gasteiger charge is -2.24. The first kappa shape index (κ1) is 26.2. The van der Waals surface area contributed by atoms with E-state index in [1.165, 1.54) is 4.31 Å². The van der Waals surface area contributed by atoms with Crippen LogP contribution in [0.25, 0.3) is 0 Å². The molecule has 1 amide bonds. The number of halogens is 2. The maximum absolute atomic E-state index is 13.8. The molecule has 1 N–H and O–H groups in total. The molecule has 0 unspecified atom stereocenters. The van der Waals surface area contributed by atoms with Crippen LogP contribution < -0.4 is 5.32 Å². The highest BCUT2D eigenvalue weighted by molar-refractivity contribution is 7.89. The average molecular weight is 519 g/mol. The Morgan fingerprint density at radius 1 is 0.882 bits per heavy atom. The molecule has 0 aliphatic carbocycles. The van der Waals surface area contributed by atoms with Crippen molar-refractivity contribution in [1.82, 2.24) is 4.31 Å². The molecule has 0 atom stereocenters. The molecular weight excluding hydrogens is 491 g/mol. The van der Waals surface area contributed by atoms with E-state index in [1.54, 1.807) is 38.1 Å². The van der Waals surface area contributed by atoms with Gasteiger partial charge in [-0.15, -0.1) is 0 Å². The second-order valence-electron chi connectivity index (χ2n) is 8.55. The molecule has 0 saturated heterocycles. The summed E-state index contributed by atoms with van der Waals surface area (Å²) in [6.45, 7) is 8.92. The minimum atomic E-state index is -4.01. The maximum Gasteiger partial charge on any atom is 0.244 e. The summed E-state index contributed by atoms with van der Waals surface area (Å²) in [7, 11) is -4.01. The van der Waals surface area contributed by atoms with Crippen LogP contribution in [-0.4, -0.2) is 25.2 Å². The van der Waals surface area contributed by atoms with Gasteiger partial charge >= 0.3 is 0 Å². The zero-order valence-corrected chi connectivity index (χ0v) is 22.2. The van der Waals surface area contributed by atoms with Gasteiger partial charge in [-0.25, -0.2) is 8.42 Å². The van der Waals surface area contributed by atoms with Gasteiger partial charge in [0.05, 0.1) is 21.5 Å². The Bertz CT molecular complexity index is 1330. The van der Waals surface area contributed by atoms with Gasteiger partial charge in [0.15, 0.2) is 0 Å². The van der Waals surface area contributed by atoms with Crippen LogP contribution in [0.5, 0.6) is 0 Å². The predicted octanol–water partition coefficient (Wildman–Crippen LogP) is 6.37. The maximum atomic E-state index is 13.8. The van der Waals surface area contributed by atoms with Gasteiger partial charge in [-0.1, -0.05) is 59.1 Å². The van der Waals surface area contributed by atoms with Crippen molar-refractivity contribution in [3.8, 4) is 0 Å². The number of benzene rings is 3. The van der Waals surface area contributed by atoms with E-state index in [0.717, 1.165) is 16.7 Å². The molecular formula is C26H28Cl2N2O3S. The van der Waals surface area contributed by atoms with E-state index >= 15 is 0 Å². The van der Waals surface area contributed by atoms with Crippen LogP contribution in [0.1, 0.15) is 33.4 Å². The van der Waals surface area contributed by atoms with E-state index in [0.29, 0.717) is 32.4 Å². The molecule has 34 heavy (non-hydrogen) atoms. The first-order valence-electron chi connectivity index (χ1n) is 10.8. The van der Waals surface area contributed by atoms with Gasteiger partial charge in [-0.2, -0.15) is 4.31 Å². The van der Waals surface area contributed by atoms with Gasteiger partial charge < -0.3 is 5.32 Å². The highest BCUT2D eigenvalue weighted by Gasteiger charge is 2.30. The first-order chi connectivity index (χ1) is 15.9. The van der Waals surface area contributed by atoms with E-state index in [2.05, 4.69) is 5.32 Å². The number of nitrogens with zero attached hydrogens (tertiary/aromatic N) is 1. The third-order valence-corrected chi connectivity index (χ3v) is 8.58. The summed E-state index contributed by atoms with van der Waals surface area (Å²) in [6.07, 6.45) is 0. The van der Waals surface area contributed by atoms with Gasteiger partial charge in [0, 0.05) is 12.2 Å². The third kappa shape index (κ3) is 5.81. The first-order valence-corrected chi connectivity index (χ1v) is 13.0. The second-order valence-corrected chi connectivity index (χ2v) is 11.2. The molecule has 0 aromatic heterocycles. The number of carbonyl (C=O) groups is 1. The Hall–Kier alpha value is -2.38. The fraction of sp³-hybridized carbons (Fsp3) is 0.269. The highest BCUT2D eigenvalue weighted by atomic mass is 35.5. The fourth-order valence-electron chi connectivity index (χ4n) is 4.01. The van der Waals surface area contributed by atoms with Crippen LogP contribution >= 0.6 is 23.2 Å². The van der Waals surface area contributed by atoms with Crippen molar-refractivity contribution < 1.29 is 13.2 Å². The number of carbonyl (C=O) groups excluding carboxylic acids is 1. The lowest BCUT2D eigenvalue weighted by molar-refractivity contribution is -0.116. The zero-order valence-electron chi connectivity index (χ0n) is 19.9. The van der Waals surface area contributed by atoms with E-state index in [1.807, 2.05) is 45.0 Å². The molecule has 0 aliphatic rings. The van der Waals surface area contributed by atoms with Crippen LogP contribution in [0.4, 0.5) is 5.69 Å². The second kappa shape index (κ2) is 10.5. The normalized spacial score (nSPS) is 11.6. The van der Waals surface area contributed by atoms with Crippen LogP contribution in [0, 0.1) is 34.6 Å². The van der Waals surface area contributed by atoms with Crippen molar-refractivity contribution in [3.05, 3.63) is 92.0 Å². The molecule has 3 aromatic rings. The Kier molecular flexibility index (Phi) is 8.09. The summed E-state index contributed by atoms with van der Waals surface area (Å²) >= 11 is 12.2. The van der Waals surface area contributed by atoms with E-state index in [-0.39, 0.29) is 18.0 Å². The van der Waals surface area contributed by atoms with Gasteiger partial charge in [0.25, 0.3) is 0 Å². The van der Waals surface area contributed by atoms with Gasteiger partial charge in [-0.05, 0) is 80.6 Å². The number of nitrogens with one attached hydrogen (secondary N) is 1. The molecule has 0 radical (unpaired) electrons. The summed E-state index contributed by atoms with van der Waals surface area (Å²) < 4.78 is 28.9. The average Bonchev–Trinajstić information content (AvgIpc) is 2.72. The smallest absolute Gasteiger partial charge is 0.244 e. The largest absolute Gasteiger partial charge is 0.325 e. The highest BCUT2D eigenvalue weighted by Crippen LogP contribution is 2.28. The SMILES string of the molecule is Cc1cc(C)c(S(=O)(=O)N(CC(=O)Nc2cccc(C)c2C)Cc2ccc(Cl)c(Cl)c2)c(C)c1. The lowest BCUT2D eigenvalue weighted by Crippen LogP contribution is -2.38. The number of amides is 1. The van der Waals surface area contributed by atoms with Gasteiger partial charge in [0.1, 0.15) is 0 Å². The Morgan fingerprint density at radius 2 is 1.53 bits per heavy atom. The van der Waals surface area contributed by atoms with E-state index in [9.17, 15) is 13.2 Å². The van der Waals surface area contributed by atoms with Crippen LogP contribution in [0.2, 0.25) is 10.0 Å². The van der Waals surface area contributed by atoms with Crippen LogP contribution in [-0.2, 0) is 21.4 Å². The number of rotatable bonds is 7. The third-order valence-electron chi connectivity index (χ3n) is 5.74. The minimum Gasteiger partial charge on any atom is -0.325 e. The summed E-state index contributed by atoms with van der Waals surface area (Å²) in [4.78, 5) is 13.2. The van der Waals surface area contributed by atoms with E-state index < -0.39 is 15.9 Å². The Morgan fingerprint density at radius 3 is 2.15 bits per heavy atom. The molecule has 5 nitrogen and oxygen atoms in total. The molecule has 180 valence electrons. The summed E-state index contributed by atoms with van der Waals surface area (Å²) in [5.41, 5.74) is 5.47. The number of hydrogen-bond acceptors (Lipinski definition) is 3. The minimum absolute atomic E-state index is 0.0355. The quantitative estimate of drug-likeness (QED) is 0.395. The topological polar surface area (TPSA) is 66.5 Å². The Labute approximate surface area is 211 Å². The molecule has 8 heteroatoms. The van der Waals surface area contributed by atoms with Crippen molar-refractivity contribution in [3.63, 3.8) is 0 Å². The molecule has 3 rings (SSSR count). The summed E-state index contributed by atoms with van der Waals surface area (Å²) in [6, 6.07) is 14.2. The van der Waals surface area contributed by atoms with E-state index in [4.69, 9.17) is 23.2 Å².